The first-order valence-corrected chi connectivity index (χ1v) is 15.4. The molecule has 2 aromatic carbocycles. The molecule has 0 aliphatic carbocycles. The van der Waals surface area contributed by atoms with Crippen molar-refractivity contribution in [3.63, 3.8) is 0 Å². The topological polar surface area (TPSA) is 122 Å². The lowest BCUT2D eigenvalue weighted by atomic mass is 9.99. The largest absolute Gasteiger partial charge is 0.411 e. The van der Waals surface area contributed by atoms with Crippen LogP contribution >= 0.6 is 0 Å². The number of hydrogen-bond acceptors (Lipinski definition) is 7. The molecule has 42 heavy (non-hydrogen) atoms. The SMILES string of the molecule is Cc1ccccc1N1CCN(C(=O)C(OCC(F)(F)F)(OC2CCN(S(C)(=O)=O)CC2)c2ccccc2)C(C(N)=O)C1. The molecule has 2 N–H and O–H groups in total. The van der Waals surface area contributed by atoms with Crippen molar-refractivity contribution in [1.29, 1.82) is 0 Å². The molecule has 0 radical (unpaired) electrons. The highest BCUT2D eigenvalue weighted by molar-refractivity contribution is 7.88. The van der Waals surface area contributed by atoms with E-state index >= 15 is 0 Å². The lowest BCUT2D eigenvalue weighted by Crippen LogP contribution is -2.65. The molecule has 0 saturated carbocycles. The number of hydrogen-bond donors (Lipinski definition) is 1. The van der Waals surface area contributed by atoms with Crippen molar-refractivity contribution >= 4 is 27.5 Å². The fourth-order valence-corrected chi connectivity index (χ4v) is 6.25. The Kier molecular flexibility index (Phi) is 9.50. The van der Waals surface area contributed by atoms with Gasteiger partial charge in [0.05, 0.1) is 12.4 Å². The number of nitrogens with two attached hydrogens (primary N) is 1. The van der Waals surface area contributed by atoms with Crippen LogP contribution in [-0.4, -0.2) is 93.3 Å². The van der Waals surface area contributed by atoms with Crippen LogP contribution in [0.15, 0.2) is 54.6 Å². The standard InChI is InChI=1S/C28H35F3N4O6S/c1-20-8-6-7-11-23(20)33-16-17-35(24(18-33)25(32)36)26(37)28(40-19-27(29,30)31,21-9-4-3-5-10-21)41-22-12-14-34(15-13-22)42(2,38)39/h3-11,22,24H,12-19H2,1-2H3,(H2,32,36). The maximum absolute atomic E-state index is 14.4. The van der Waals surface area contributed by atoms with Gasteiger partial charge in [-0.3, -0.25) is 9.59 Å². The van der Waals surface area contributed by atoms with Crippen molar-refractivity contribution in [2.75, 3.05) is 50.5 Å². The van der Waals surface area contributed by atoms with Gasteiger partial charge < -0.3 is 25.0 Å². The number of rotatable bonds is 9. The highest BCUT2D eigenvalue weighted by Crippen LogP contribution is 2.37. The lowest BCUT2D eigenvalue weighted by molar-refractivity contribution is -0.298. The molecule has 0 bridgehead atoms. The Morgan fingerprint density at radius 2 is 1.60 bits per heavy atom. The highest BCUT2D eigenvalue weighted by Gasteiger charge is 2.52. The monoisotopic (exact) mass is 612 g/mol. The Hall–Kier alpha value is -3.20. The number of halogens is 3. The Labute approximate surface area is 243 Å². The fourth-order valence-electron chi connectivity index (χ4n) is 5.37. The zero-order valence-corrected chi connectivity index (χ0v) is 24.2. The lowest BCUT2D eigenvalue weighted by Gasteiger charge is -2.46. The van der Waals surface area contributed by atoms with Crippen molar-refractivity contribution in [3.05, 3.63) is 65.7 Å². The molecule has 2 heterocycles. The minimum atomic E-state index is -4.81. The summed E-state index contributed by atoms with van der Waals surface area (Å²) in [7, 11) is -3.49. The van der Waals surface area contributed by atoms with Gasteiger partial charge in [0.25, 0.3) is 11.7 Å². The molecule has 0 aromatic heterocycles. The molecule has 2 aromatic rings. The predicted molar refractivity (Wildman–Crippen MR) is 149 cm³/mol. The number of carbonyl (C=O) groups is 2. The Morgan fingerprint density at radius 1 is 0.976 bits per heavy atom. The van der Waals surface area contributed by atoms with E-state index in [1.807, 2.05) is 36.1 Å². The number of anilines is 1. The molecular weight excluding hydrogens is 577 g/mol. The van der Waals surface area contributed by atoms with Gasteiger partial charge in [-0.1, -0.05) is 48.5 Å². The van der Waals surface area contributed by atoms with Crippen LogP contribution in [0, 0.1) is 6.92 Å². The maximum atomic E-state index is 14.4. The van der Waals surface area contributed by atoms with Gasteiger partial charge in [-0.2, -0.15) is 13.2 Å². The van der Waals surface area contributed by atoms with E-state index in [1.165, 1.54) is 28.6 Å². The number of benzene rings is 2. The summed E-state index contributed by atoms with van der Waals surface area (Å²) in [5, 5.41) is 0. The Balaban J connectivity index is 1.71. The molecule has 2 saturated heterocycles. The molecule has 2 aliphatic heterocycles. The second-order valence-corrected chi connectivity index (χ2v) is 12.5. The van der Waals surface area contributed by atoms with E-state index in [2.05, 4.69) is 0 Å². The molecule has 2 aliphatic rings. The van der Waals surface area contributed by atoms with Crippen molar-refractivity contribution in [3.8, 4) is 0 Å². The van der Waals surface area contributed by atoms with E-state index in [4.69, 9.17) is 15.2 Å². The molecule has 2 atom stereocenters. The summed E-state index contributed by atoms with van der Waals surface area (Å²) >= 11 is 0. The second kappa shape index (κ2) is 12.6. The van der Waals surface area contributed by atoms with Crippen LogP contribution in [0.3, 0.4) is 0 Å². The van der Waals surface area contributed by atoms with E-state index in [1.54, 1.807) is 6.07 Å². The minimum absolute atomic E-state index is 0.00865. The fraction of sp³-hybridized carbons (Fsp3) is 0.500. The van der Waals surface area contributed by atoms with Gasteiger partial charge in [-0.05, 0) is 31.4 Å². The van der Waals surface area contributed by atoms with E-state index in [-0.39, 0.29) is 51.1 Å². The average Bonchev–Trinajstić information content (AvgIpc) is 2.94. The summed E-state index contributed by atoms with van der Waals surface area (Å²) in [4.78, 5) is 30.2. The summed E-state index contributed by atoms with van der Waals surface area (Å²) < 4.78 is 77.6. The van der Waals surface area contributed by atoms with Crippen LogP contribution in [0.4, 0.5) is 18.9 Å². The van der Waals surface area contributed by atoms with Crippen LogP contribution < -0.4 is 10.6 Å². The summed E-state index contributed by atoms with van der Waals surface area (Å²) in [5.41, 5.74) is 7.55. The van der Waals surface area contributed by atoms with Gasteiger partial charge in [0.2, 0.25) is 15.9 Å². The first-order valence-electron chi connectivity index (χ1n) is 13.5. The van der Waals surface area contributed by atoms with E-state index < -0.39 is 52.6 Å². The quantitative estimate of drug-likeness (QED) is 0.432. The van der Waals surface area contributed by atoms with Crippen LogP contribution in [-0.2, 0) is 34.9 Å². The number of primary amides is 1. The van der Waals surface area contributed by atoms with Gasteiger partial charge in [-0.15, -0.1) is 0 Å². The Bertz CT molecular complexity index is 1370. The number of para-hydroxylation sites is 1. The first kappa shape index (κ1) is 31.7. The summed E-state index contributed by atoms with van der Waals surface area (Å²) in [5.74, 6) is -4.40. The maximum Gasteiger partial charge on any atom is 0.411 e. The van der Waals surface area contributed by atoms with E-state index in [0.717, 1.165) is 22.4 Å². The molecule has 2 fully saturated rings. The third kappa shape index (κ3) is 7.22. The smallest absolute Gasteiger partial charge is 0.368 e. The molecule has 4 rings (SSSR count). The summed E-state index contributed by atoms with van der Waals surface area (Å²) in [6.07, 6.45) is -4.33. The number of aryl methyl sites for hydroxylation is 1. The first-order chi connectivity index (χ1) is 19.7. The zero-order chi connectivity index (χ0) is 30.7. The van der Waals surface area contributed by atoms with Gasteiger partial charge >= 0.3 is 6.18 Å². The second-order valence-electron chi connectivity index (χ2n) is 10.5. The van der Waals surface area contributed by atoms with Crippen LogP contribution in [0.1, 0.15) is 24.0 Å². The van der Waals surface area contributed by atoms with Gasteiger partial charge in [0.1, 0.15) is 12.6 Å². The predicted octanol–water partition coefficient (Wildman–Crippen LogP) is 2.37. The number of nitrogens with zero attached hydrogens (tertiary/aromatic N) is 3. The molecule has 2 amide bonds. The minimum Gasteiger partial charge on any atom is -0.368 e. The molecule has 230 valence electrons. The van der Waals surface area contributed by atoms with Crippen molar-refractivity contribution < 1.29 is 40.7 Å². The third-order valence-electron chi connectivity index (χ3n) is 7.50. The highest BCUT2D eigenvalue weighted by atomic mass is 32.2. The number of ether oxygens (including phenoxy) is 2. The molecule has 2 unspecified atom stereocenters. The summed E-state index contributed by atoms with van der Waals surface area (Å²) in [6, 6.07) is 13.8. The molecular formula is C28H35F3N4O6S. The van der Waals surface area contributed by atoms with Crippen LogP contribution in [0.25, 0.3) is 0 Å². The van der Waals surface area contributed by atoms with Gasteiger partial charge in [0.15, 0.2) is 0 Å². The number of alkyl halides is 3. The third-order valence-corrected chi connectivity index (χ3v) is 8.81. The van der Waals surface area contributed by atoms with Crippen LogP contribution in [0.2, 0.25) is 0 Å². The number of sulfonamides is 1. The van der Waals surface area contributed by atoms with Crippen molar-refractivity contribution in [1.82, 2.24) is 9.21 Å². The number of carbonyl (C=O) groups excluding carboxylic acids is 2. The van der Waals surface area contributed by atoms with Gasteiger partial charge in [-0.25, -0.2) is 12.7 Å². The van der Waals surface area contributed by atoms with Crippen molar-refractivity contribution in [2.45, 2.75) is 43.9 Å². The van der Waals surface area contributed by atoms with Crippen LogP contribution in [0.5, 0.6) is 0 Å². The molecule has 10 nitrogen and oxygen atoms in total. The summed E-state index contributed by atoms with van der Waals surface area (Å²) in [6.45, 7) is 0.461. The number of amides is 2. The molecule has 0 spiro atoms. The number of piperazine rings is 1. The Morgan fingerprint density at radius 3 is 2.17 bits per heavy atom. The normalized spacial score (nSPS) is 20.7. The number of piperidine rings is 1. The zero-order valence-electron chi connectivity index (χ0n) is 23.4. The van der Waals surface area contributed by atoms with E-state index in [0.29, 0.717) is 0 Å². The van der Waals surface area contributed by atoms with Gasteiger partial charge in [0, 0.05) is 44.0 Å². The van der Waals surface area contributed by atoms with Crippen molar-refractivity contribution in [2.24, 2.45) is 5.73 Å². The van der Waals surface area contributed by atoms with E-state index in [9.17, 15) is 31.2 Å². The molecule has 14 heteroatoms. The average molecular weight is 613 g/mol.